The van der Waals surface area contributed by atoms with E-state index < -0.39 is 0 Å². The van der Waals surface area contributed by atoms with Crippen LogP contribution in [0.4, 0.5) is 0 Å². The summed E-state index contributed by atoms with van der Waals surface area (Å²) in [6.07, 6.45) is 9.33. The second-order valence-corrected chi connectivity index (χ2v) is 6.61. The van der Waals surface area contributed by atoms with Crippen LogP contribution < -0.4 is 10.1 Å². The summed E-state index contributed by atoms with van der Waals surface area (Å²) in [4.78, 5) is 23.5. The Kier molecular flexibility index (Phi) is 6.41. The molecule has 6 heteroatoms. The number of fused-ring (bicyclic) bond motifs is 1. The number of ether oxygens (including phenoxy) is 1. The van der Waals surface area contributed by atoms with Gasteiger partial charge in [0.1, 0.15) is 11.6 Å². The molecule has 2 N–H and O–H groups in total. The van der Waals surface area contributed by atoms with E-state index in [9.17, 15) is 4.79 Å². The van der Waals surface area contributed by atoms with E-state index in [4.69, 9.17) is 4.74 Å². The first-order valence-corrected chi connectivity index (χ1v) is 9.38. The lowest BCUT2D eigenvalue weighted by Crippen LogP contribution is -2.16. The van der Waals surface area contributed by atoms with Crippen LogP contribution >= 0.6 is 0 Å². The summed E-state index contributed by atoms with van der Waals surface area (Å²) in [5.41, 5.74) is 3.01. The largest absolute Gasteiger partial charge is 0.495 e. The zero-order valence-corrected chi connectivity index (χ0v) is 15.9. The molecule has 0 aliphatic heterocycles. The first-order valence-electron chi connectivity index (χ1n) is 9.38. The first-order chi connectivity index (χ1) is 13.2. The van der Waals surface area contributed by atoms with E-state index in [1.54, 1.807) is 20.4 Å². The highest BCUT2D eigenvalue weighted by molar-refractivity contribution is 5.84. The Morgan fingerprint density at radius 3 is 2.78 bits per heavy atom. The maximum Gasteiger partial charge on any atom is 0.219 e. The number of amides is 1. The minimum Gasteiger partial charge on any atom is -0.495 e. The molecule has 3 aromatic rings. The van der Waals surface area contributed by atoms with Crippen molar-refractivity contribution >= 4 is 16.8 Å². The Morgan fingerprint density at radius 2 is 1.96 bits per heavy atom. The van der Waals surface area contributed by atoms with Gasteiger partial charge in [0, 0.05) is 30.8 Å². The van der Waals surface area contributed by atoms with Gasteiger partial charge in [0.15, 0.2) is 0 Å². The quantitative estimate of drug-likeness (QED) is 0.563. The van der Waals surface area contributed by atoms with Gasteiger partial charge in [-0.15, -0.1) is 0 Å². The number of imidazole rings is 1. The summed E-state index contributed by atoms with van der Waals surface area (Å²) >= 11 is 0. The summed E-state index contributed by atoms with van der Waals surface area (Å²) < 4.78 is 5.22. The number of nitrogens with zero attached hydrogens (tertiary/aromatic N) is 2. The topological polar surface area (TPSA) is 79.9 Å². The third-order valence-corrected chi connectivity index (χ3v) is 4.68. The van der Waals surface area contributed by atoms with Gasteiger partial charge in [0.25, 0.3) is 0 Å². The van der Waals surface area contributed by atoms with Crippen molar-refractivity contribution in [3.05, 3.63) is 42.5 Å². The Labute approximate surface area is 159 Å². The van der Waals surface area contributed by atoms with Crippen molar-refractivity contribution in [2.75, 3.05) is 14.2 Å². The van der Waals surface area contributed by atoms with Crippen molar-refractivity contribution in [1.82, 2.24) is 20.3 Å². The highest BCUT2D eigenvalue weighted by atomic mass is 16.5. The van der Waals surface area contributed by atoms with Crippen molar-refractivity contribution in [1.29, 1.82) is 0 Å². The number of H-pyrrole nitrogens is 1. The molecule has 2 aromatic heterocycles. The molecule has 3 rings (SSSR count). The van der Waals surface area contributed by atoms with Crippen LogP contribution in [0.5, 0.6) is 5.75 Å². The van der Waals surface area contributed by atoms with Crippen LogP contribution in [0.1, 0.15) is 37.9 Å². The van der Waals surface area contributed by atoms with Crippen LogP contribution in [0, 0.1) is 0 Å². The number of hydrogen-bond acceptors (Lipinski definition) is 4. The number of carbonyl (C=O) groups is 1. The number of hydrogen-bond donors (Lipinski definition) is 2. The van der Waals surface area contributed by atoms with Crippen LogP contribution in [0.3, 0.4) is 0 Å². The molecule has 0 radical (unpaired) electrons. The molecule has 6 nitrogen and oxygen atoms in total. The molecule has 142 valence electrons. The fourth-order valence-electron chi connectivity index (χ4n) is 3.07. The Balaban J connectivity index is 1.54. The predicted octanol–water partition coefficient (Wildman–Crippen LogP) is 3.87. The molecule has 0 bridgehead atoms. The molecule has 0 saturated heterocycles. The van der Waals surface area contributed by atoms with E-state index in [2.05, 4.69) is 32.4 Å². The van der Waals surface area contributed by atoms with Crippen molar-refractivity contribution in [3.8, 4) is 17.0 Å². The molecule has 0 atom stereocenters. The molecule has 0 aliphatic rings. The first kappa shape index (κ1) is 18.9. The number of unbranched alkanes of at least 4 members (excludes halogenated alkanes) is 3. The number of nitrogens with one attached hydrogen (secondary N) is 2. The van der Waals surface area contributed by atoms with Gasteiger partial charge in [-0.05, 0) is 25.0 Å². The predicted molar refractivity (Wildman–Crippen MR) is 107 cm³/mol. The highest BCUT2D eigenvalue weighted by Crippen LogP contribution is 2.24. The third kappa shape index (κ3) is 5.06. The lowest BCUT2D eigenvalue weighted by molar-refractivity contribution is -0.120. The lowest BCUT2D eigenvalue weighted by Gasteiger charge is -2.04. The van der Waals surface area contributed by atoms with Gasteiger partial charge in [-0.3, -0.25) is 9.78 Å². The van der Waals surface area contributed by atoms with E-state index in [0.29, 0.717) is 6.42 Å². The molecule has 0 spiro atoms. The van der Waals surface area contributed by atoms with Gasteiger partial charge in [-0.2, -0.15) is 0 Å². The van der Waals surface area contributed by atoms with Crippen LogP contribution in [0.2, 0.25) is 0 Å². The van der Waals surface area contributed by atoms with Gasteiger partial charge in [0.05, 0.1) is 30.7 Å². The number of benzene rings is 1. The second-order valence-electron chi connectivity index (χ2n) is 6.61. The highest BCUT2D eigenvalue weighted by Gasteiger charge is 2.06. The summed E-state index contributed by atoms with van der Waals surface area (Å²) in [6, 6.07) is 8.16. The monoisotopic (exact) mass is 366 g/mol. The van der Waals surface area contributed by atoms with E-state index in [1.165, 1.54) is 0 Å². The molecule has 2 heterocycles. The average Bonchev–Trinajstić information content (AvgIpc) is 3.18. The van der Waals surface area contributed by atoms with Gasteiger partial charge in [-0.1, -0.05) is 25.0 Å². The smallest absolute Gasteiger partial charge is 0.219 e. The standard InChI is InChI=1S/C21H26N4O2/c1-22-21(26)8-6-4-3-5-7-20-24-14-19(25-20)16-10-9-15-11-17(27-2)13-23-18(15)12-16/h9-14H,3-8H2,1-2H3,(H,22,26)(H,24,25). The SMILES string of the molecule is CNC(=O)CCCCCCc1ncc(-c2ccc3cc(OC)cnc3c2)[nH]1. The van der Waals surface area contributed by atoms with Crippen LogP contribution in [-0.2, 0) is 11.2 Å². The van der Waals surface area contributed by atoms with Gasteiger partial charge in [-0.25, -0.2) is 4.98 Å². The number of aromatic nitrogens is 3. The number of rotatable bonds is 9. The third-order valence-electron chi connectivity index (χ3n) is 4.68. The Bertz CT molecular complexity index is 904. The minimum absolute atomic E-state index is 0.119. The second kappa shape index (κ2) is 9.16. The molecule has 1 aromatic carbocycles. The molecule has 0 aliphatic carbocycles. The number of aryl methyl sites for hydroxylation is 1. The number of carbonyl (C=O) groups excluding carboxylic acids is 1. The Morgan fingerprint density at radius 1 is 1.11 bits per heavy atom. The van der Waals surface area contributed by atoms with Gasteiger partial charge >= 0.3 is 0 Å². The Hall–Kier alpha value is -2.89. The van der Waals surface area contributed by atoms with E-state index in [1.807, 2.05) is 18.3 Å². The number of methoxy groups -OCH3 is 1. The van der Waals surface area contributed by atoms with Crippen molar-refractivity contribution in [3.63, 3.8) is 0 Å². The van der Waals surface area contributed by atoms with E-state index in [0.717, 1.165) is 65.8 Å². The number of pyridine rings is 1. The summed E-state index contributed by atoms with van der Waals surface area (Å²) in [6.45, 7) is 0. The maximum absolute atomic E-state index is 11.2. The minimum atomic E-state index is 0.119. The normalized spacial score (nSPS) is 10.9. The molecular formula is C21H26N4O2. The summed E-state index contributed by atoms with van der Waals surface area (Å²) in [5, 5.41) is 3.70. The van der Waals surface area contributed by atoms with Crippen LogP contribution in [0.15, 0.2) is 36.7 Å². The fraction of sp³-hybridized carbons (Fsp3) is 0.381. The van der Waals surface area contributed by atoms with Gasteiger partial charge < -0.3 is 15.0 Å². The molecule has 1 amide bonds. The molecule has 0 saturated carbocycles. The maximum atomic E-state index is 11.2. The summed E-state index contributed by atoms with van der Waals surface area (Å²) in [7, 11) is 3.32. The average molecular weight is 366 g/mol. The molecule has 0 unspecified atom stereocenters. The van der Waals surface area contributed by atoms with Crippen molar-refractivity contribution < 1.29 is 9.53 Å². The van der Waals surface area contributed by atoms with E-state index >= 15 is 0 Å². The number of aromatic amines is 1. The lowest BCUT2D eigenvalue weighted by atomic mass is 10.1. The van der Waals surface area contributed by atoms with Crippen LogP contribution in [-0.4, -0.2) is 35.0 Å². The zero-order chi connectivity index (χ0) is 19.1. The molecule has 27 heavy (non-hydrogen) atoms. The molecular weight excluding hydrogens is 340 g/mol. The van der Waals surface area contributed by atoms with Crippen LogP contribution in [0.25, 0.3) is 22.2 Å². The van der Waals surface area contributed by atoms with Gasteiger partial charge in [0.2, 0.25) is 5.91 Å². The van der Waals surface area contributed by atoms with Crippen molar-refractivity contribution in [2.24, 2.45) is 0 Å². The van der Waals surface area contributed by atoms with E-state index in [-0.39, 0.29) is 5.91 Å². The zero-order valence-electron chi connectivity index (χ0n) is 15.9. The fourth-order valence-corrected chi connectivity index (χ4v) is 3.07. The molecule has 0 fully saturated rings. The van der Waals surface area contributed by atoms with Crippen molar-refractivity contribution in [2.45, 2.75) is 38.5 Å². The summed E-state index contributed by atoms with van der Waals surface area (Å²) in [5.74, 6) is 1.88.